The second-order valence-corrected chi connectivity index (χ2v) is 4.79. The van der Waals surface area contributed by atoms with Crippen molar-refractivity contribution in [1.82, 2.24) is 4.98 Å². The molecule has 0 spiro atoms. The number of pyridine rings is 1. The predicted molar refractivity (Wildman–Crippen MR) is 77.1 cm³/mol. The molecule has 0 saturated heterocycles. The molecule has 0 aliphatic rings. The van der Waals surface area contributed by atoms with Gasteiger partial charge in [0.25, 0.3) is 0 Å². The predicted octanol–water partition coefficient (Wildman–Crippen LogP) is 2.90. The van der Waals surface area contributed by atoms with Crippen LogP contribution < -0.4 is 10.5 Å². The molecule has 1 atom stereocenters. The molecule has 2 rings (SSSR count). The Kier molecular flexibility index (Phi) is 4.17. The van der Waals surface area contributed by atoms with Gasteiger partial charge in [-0.05, 0) is 30.0 Å². The first kappa shape index (κ1) is 13.6. The molecule has 19 heavy (non-hydrogen) atoms. The van der Waals surface area contributed by atoms with Crippen molar-refractivity contribution in [3.63, 3.8) is 0 Å². The van der Waals surface area contributed by atoms with Gasteiger partial charge in [0.2, 0.25) is 0 Å². The summed E-state index contributed by atoms with van der Waals surface area (Å²) < 4.78 is 5.23. The first-order chi connectivity index (χ1) is 9.18. The Labute approximate surface area is 114 Å². The number of ether oxygens (including phenoxy) is 1. The molecule has 3 heteroatoms. The van der Waals surface area contributed by atoms with E-state index in [4.69, 9.17) is 10.5 Å². The van der Waals surface area contributed by atoms with Gasteiger partial charge in [-0.1, -0.05) is 37.3 Å². The Morgan fingerprint density at radius 1 is 1.21 bits per heavy atom. The van der Waals surface area contributed by atoms with Crippen LogP contribution in [0, 0.1) is 0 Å². The summed E-state index contributed by atoms with van der Waals surface area (Å²) in [7, 11) is 1.64. The number of nitrogens with zero attached hydrogens (tertiary/aromatic N) is 1. The van der Waals surface area contributed by atoms with Gasteiger partial charge in [0, 0.05) is 11.7 Å². The molecule has 1 heterocycles. The van der Waals surface area contributed by atoms with Crippen molar-refractivity contribution in [3.05, 3.63) is 59.9 Å². The zero-order chi connectivity index (χ0) is 13.7. The van der Waals surface area contributed by atoms with E-state index in [0.717, 1.165) is 24.2 Å². The molecule has 0 fully saturated rings. The van der Waals surface area contributed by atoms with E-state index in [1.54, 1.807) is 13.3 Å². The maximum absolute atomic E-state index is 6.58. The van der Waals surface area contributed by atoms with Crippen LogP contribution in [-0.2, 0) is 12.0 Å². The molecule has 0 saturated carbocycles. The van der Waals surface area contributed by atoms with Crippen LogP contribution >= 0.6 is 0 Å². The molecular weight excluding hydrogens is 236 g/mol. The molecule has 2 N–H and O–H groups in total. The van der Waals surface area contributed by atoms with Crippen LogP contribution in [0.25, 0.3) is 0 Å². The van der Waals surface area contributed by atoms with Gasteiger partial charge in [-0.3, -0.25) is 4.98 Å². The van der Waals surface area contributed by atoms with Gasteiger partial charge in [0.05, 0.1) is 13.3 Å². The lowest BCUT2D eigenvalue weighted by molar-refractivity contribution is 0.398. The third kappa shape index (κ3) is 3.12. The summed E-state index contributed by atoms with van der Waals surface area (Å²) >= 11 is 0. The van der Waals surface area contributed by atoms with Gasteiger partial charge in [0.15, 0.2) is 0 Å². The van der Waals surface area contributed by atoms with Crippen molar-refractivity contribution in [1.29, 1.82) is 0 Å². The highest BCUT2D eigenvalue weighted by molar-refractivity contribution is 5.31. The summed E-state index contributed by atoms with van der Waals surface area (Å²) in [5, 5.41) is 0. The molecule has 0 radical (unpaired) electrons. The highest BCUT2D eigenvalue weighted by Gasteiger charge is 2.26. The van der Waals surface area contributed by atoms with Crippen LogP contribution in [0.15, 0.2) is 48.8 Å². The van der Waals surface area contributed by atoms with Gasteiger partial charge in [0.1, 0.15) is 5.75 Å². The smallest absolute Gasteiger partial charge is 0.137 e. The Bertz CT molecular complexity index is 527. The summed E-state index contributed by atoms with van der Waals surface area (Å²) in [6, 6.07) is 12.3. The van der Waals surface area contributed by atoms with Crippen molar-refractivity contribution in [3.8, 4) is 5.75 Å². The monoisotopic (exact) mass is 256 g/mol. The fourth-order valence-corrected chi connectivity index (χ4v) is 2.19. The highest BCUT2D eigenvalue weighted by atomic mass is 16.5. The zero-order valence-corrected chi connectivity index (χ0v) is 11.5. The van der Waals surface area contributed by atoms with Gasteiger partial charge in [-0.2, -0.15) is 0 Å². The second-order valence-electron chi connectivity index (χ2n) is 4.79. The largest absolute Gasteiger partial charge is 0.495 e. The average Bonchev–Trinajstić information content (AvgIpc) is 2.48. The maximum Gasteiger partial charge on any atom is 0.137 e. The molecule has 0 bridgehead atoms. The third-order valence-electron chi connectivity index (χ3n) is 3.52. The number of hydrogen-bond acceptors (Lipinski definition) is 3. The lowest BCUT2D eigenvalue weighted by Gasteiger charge is -2.29. The minimum Gasteiger partial charge on any atom is -0.495 e. The molecule has 100 valence electrons. The molecule has 1 aromatic heterocycles. The number of hydrogen-bond donors (Lipinski definition) is 1. The molecule has 1 aromatic carbocycles. The van der Waals surface area contributed by atoms with E-state index in [-0.39, 0.29) is 0 Å². The maximum atomic E-state index is 6.58. The first-order valence-electron chi connectivity index (χ1n) is 6.50. The van der Waals surface area contributed by atoms with Gasteiger partial charge in [-0.15, -0.1) is 0 Å². The van der Waals surface area contributed by atoms with Gasteiger partial charge < -0.3 is 10.5 Å². The third-order valence-corrected chi connectivity index (χ3v) is 3.52. The van der Waals surface area contributed by atoms with E-state index in [2.05, 4.69) is 24.0 Å². The van der Waals surface area contributed by atoms with Crippen LogP contribution in [0.5, 0.6) is 5.75 Å². The minimum absolute atomic E-state index is 0.414. The molecule has 3 nitrogen and oxygen atoms in total. The van der Waals surface area contributed by atoms with Crippen molar-refractivity contribution in [2.45, 2.75) is 25.3 Å². The lowest BCUT2D eigenvalue weighted by Crippen LogP contribution is -2.38. The Morgan fingerprint density at radius 2 is 1.95 bits per heavy atom. The van der Waals surface area contributed by atoms with Crippen LogP contribution in [0.1, 0.15) is 24.5 Å². The van der Waals surface area contributed by atoms with E-state index in [9.17, 15) is 0 Å². The van der Waals surface area contributed by atoms with E-state index in [1.165, 1.54) is 5.56 Å². The Hall–Kier alpha value is -1.87. The standard InChI is InChI=1S/C16H20N2O/c1-3-16(17,10-13-7-5-4-6-8-13)14-9-15(19-2)12-18-11-14/h4-9,11-12H,3,10,17H2,1-2H3. The first-order valence-corrected chi connectivity index (χ1v) is 6.50. The number of methoxy groups -OCH3 is 1. The molecule has 0 amide bonds. The highest BCUT2D eigenvalue weighted by Crippen LogP contribution is 2.28. The fraction of sp³-hybridized carbons (Fsp3) is 0.312. The number of rotatable bonds is 5. The average molecular weight is 256 g/mol. The summed E-state index contributed by atoms with van der Waals surface area (Å²) in [5.41, 5.74) is 8.41. The van der Waals surface area contributed by atoms with Crippen LogP contribution in [0.4, 0.5) is 0 Å². The molecule has 1 unspecified atom stereocenters. The second kappa shape index (κ2) is 5.85. The van der Waals surface area contributed by atoms with E-state index < -0.39 is 5.54 Å². The van der Waals surface area contributed by atoms with Gasteiger partial charge in [-0.25, -0.2) is 0 Å². The van der Waals surface area contributed by atoms with Crippen molar-refractivity contribution in [2.75, 3.05) is 7.11 Å². The van der Waals surface area contributed by atoms with Crippen molar-refractivity contribution < 1.29 is 4.74 Å². The topological polar surface area (TPSA) is 48.1 Å². The van der Waals surface area contributed by atoms with Crippen LogP contribution in [0.3, 0.4) is 0 Å². The van der Waals surface area contributed by atoms with E-state index in [0.29, 0.717) is 0 Å². The van der Waals surface area contributed by atoms with E-state index >= 15 is 0 Å². The minimum atomic E-state index is -0.414. The normalized spacial score (nSPS) is 13.8. The van der Waals surface area contributed by atoms with Crippen molar-refractivity contribution in [2.24, 2.45) is 5.73 Å². The molecule has 0 aliphatic carbocycles. The molecular formula is C16H20N2O. The summed E-state index contributed by atoms with van der Waals surface area (Å²) in [4.78, 5) is 4.21. The number of aromatic nitrogens is 1. The number of benzene rings is 1. The SMILES string of the molecule is CCC(N)(Cc1ccccc1)c1cncc(OC)c1. The molecule has 0 aliphatic heterocycles. The van der Waals surface area contributed by atoms with Crippen LogP contribution in [0.2, 0.25) is 0 Å². The Balaban J connectivity index is 2.30. The fourth-order valence-electron chi connectivity index (χ4n) is 2.19. The quantitative estimate of drug-likeness (QED) is 0.894. The Morgan fingerprint density at radius 3 is 2.58 bits per heavy atom. The summed E-state index contributed by atoms with van der Waals surface area (Å²) in [6.07, 6.45) is 5.16. The van der Waals surface area contributed by atoms with Crippen molar-refractivity contribution >= 4 is 0 Å². The summed E-state index contributed by atoms with van der Waals surface area (Å²) in [6.45, 7) is 2.10. The van der Waals surface area contributed by atoms with Gasteiger partial charge >= 0.3 is 0 Å². The summed E-state index contributed by atoms with van der Waals surface area (Å²) in [5.74, 6) is 0.744. The zero-order valence-electron chi connectivity index (χ0n) is 11.5. The van der Waals surface area contributed by atoms with E-state index in [1.807, 2.05) is 30.5 Å². The molecule has 2 aromatic rings. The van der Waals surface area contributed by atoms with Crippen LogP contribution in [-0.4, -0.2) is 12.1 Å². The lowest BCUT2D eigenvalue weighted by atomic mass is 9.83. The number of nitrogens with two attached hydrogens (primary N) is 1.